The summed E-state index contributed by atoms with van der Waals surface area (Å²) < 4.78 is 0. The zero-order valence-corrected chi connectivity index (χ0v) is 14.1. The lowest BCUT2D eigenvalue weighted by Crippen LogP contribution is -2.13. The number of hydrogen-bond donors (Lipinski definition) is 3. The van der Waals surface area contributed by atoms with Gasteiger partial charge in [-0.15, -0.1) is 0 Å². The summed E-state index contributed by atoms with van der Waals surface area (Å²) in [5.74, 6) is 0.0888. The molecule has 2 aromatic carbocycles. The molecule has 24 heavy (non-hydrogen) atoms. The Labute approximate surface area is 140 Å². The van der Waals surface area contributed by atoms with Crippen LogP contribution in [0.1, 0.15) is 12.5 Å². The molecule has 0 fully saturated rings. The Bertz CT molecular complexity index is 974. The summed E-state index contributed by atoms with van der Waals surface area (Å²) in [6.45, 7) is 2.04. The largest absolute Gasteiger partial charge is 0.507 e. The van der Waals surface area contributed by atoms with E-state index in [0.29, 0.717) is 10.8 Å². The fourth-order valence-electron chi connectivity index (χ4n) is 3.19. The van der Waals surface area contributed by atoms with E-state index in [-0.39, 0.29) is 11.3 Å². The highest BCUT2D eigenvalue weighted by molar-refractivity contribution is 6.01. The van der Waals surface area contributed by atoms with E-state index in [4.69, 9.17) is 5.73 Å². The van der Waals surface area contributed by atoms with E-state index in [2.05, 4.69) is 4.98 Å². The lowest BCUT2D eigenvalue weighted by atomic mass is 9.93. The molecule has 124 valence electrons. The number of aromatic amines is 1. The van der Waals surface area contributed by atoms with Crippen molar-refractivity contribution in [3.63, 3.8) is 0 Å². The minimum Gasteiger partial charge on any atom is -0.507 e. The minimum absolute atomic E-state index is 0.0888. The smallest absolute Gasteiger partial charge is 0.255 e. The molecular formula is C19H21N3O2. The number of H-pyrrole nitrogens is 1. The summed E-state index contributed by atoms with van der Waals surface area (Å²) in [5, 5.41) is 11.3. The van der Waals surface area contributed by atoms with Crippen molar-refractivity contribution in [1.82, 2.24) is 4.98 Å². The van der Waals surface area contributed by atoms with Gasteiger partial charge in [-0.25, -0.2) is 0 Å². The van der Waals surface area contributed by atoms with Crippen LogP contribution >= 0.6 is 0 Å². The molecule has 0 aliphatic rings. The second-order valence-corrected chi connectivity index (χ2v) is 6.00. The average molecular weight is 323 g/mol. The van der Waals surface area contributed by atoms with Gasteiger partial charge < -0.3 is 20.7 Å². The summed E-state index contributed by atoms with van der Waals surface area (Å²) in [6, 6.07) is 8.92. The van der Waals surface area contributed by atoms with Crippen molar-refractivity contribution < 1.29 is 5.11 Å². The molecule has 0 atom stereocenters. The van der Waals surface area contributed by atoms with E-state index < -0.39 is 0 Å². The molecule has 0 spiro atoms. The first kappa shape index (κ1) is 15.9. The highest BCUT2D eigenvalue weighted by Crippen LogP contribution is 2.39. The third kappa shape index (κ3) is 2.38. The van der Waals surface area contributed by atoms with E-state index in [1.165, 1.54) is 0 Å². The van der Waals surface area contributed by atoms with E-state index in [0.717, 1.165) is 34.5 Å². The zero-order chi connectivity index (χ0) is 17.4. The van der Waals surface area contributed by atoms with Gasteiger partial charge in [-0.1, -0.05) is 19.1 Å². The number of aromatic nitrogens is 1. The molecular weight excluding hydrogens is 302 g/mol. The third-order valence-electron chi connectivity index (χ3n) is 4.36. The Balaban J connectivity index is 2.39. The number of aromatic hydroxyl groups is 1. The molecule has 1 heterocycles. The third-order valence-corrected chi connectivity index (χ3v) is 4.36. The van der Waals surface area contributed by atoms with E-state index in [9.17, 15) is 9.90 Å². The maximum Gasteiger partial charge on any atom is 0.255 e. The average Bonchev–Trinajstić information content (AvgIpc) is 2.55. The van der Waals surface area contributed by atoms with Gasteiger partial charge in [-0.05, 0) is 35.7 Å². The van der Waals surface area contributed by atoms with E-state index in [1.54, 1.807) is 24.4 Å². The van der Waals surface area contributed by atoms with Gasteiger partial charge in [0.1, 0.15) is 5.75 Å². The Morgan fingerprint density at radius 1 is 1.17 bits per heavy atom. The van der Waals surface area contributed by atoms with Crippen molar-refractivity contribution in [2.24, 2.45) is 0 Å². The Morgan fingerprint density at radius 2 is 1.92 bits per heavy atom. The zero-order valence-electron chi connectivity index (χ0n) is 14.1. The molecule has 0 unspecified atom stereocenters. The van der Waals surface area contributed by atoms with Crippen molar-refractivity contribution in [3.8, 4) is 16.9 Å². The first-order valence-corrected chi connectivity index (χ1v) is 7.88. The normalized spacial score (nSPS) is 11.0. The lowest BCUT2D eigenvalue weighted by Gasteiger charge is -2.21. The minimum atomic E-state index is -0.222. The van der Waals surface area contributed by atoms with Crippen LogP contribution in [-0.2, 0) is 6.42 Å². The highest BCUT2D eigenvalue weighted by atomic mass is 16.3. The van der Waals surface area contributed by atoms with Gasteiger partial charge in [0.25, 0.3) is 5.56 Å². The number of phenolic OH excluding ortho intramolecular Hbond substituents is 1. The number of nitrogen functional groups attached to an aromatic ring is 1. The highest BCUT2D eigenvalue weighted by Gasteiger charge is 2.16. The van der Waals surface area contributed by atoms with Crippen molar-refractivity contribution >= 4 is 22.1 Å². The van der Waals surface area contributed by atoms with Crippen LogP contribution in [0.25, 0.3) is 21.9 Å². The number of nitrogens with one attached hydrogen (secondary N) is 1. The number of pyridine rings is 1. The summed E-state index contributed by atoms with van der Waals surface area (Å²) in [6.07, 6.45) is 2.39. The molecule has 0 saturated heterocycles. The molecule has 3 aromatic rings. The lowest BCUT2D eigenvalue weighted by molar-refractivity contribution is 0.481. The van der Waals surface area contributed by atoms with Crippen molar-refractivity contribution in [1.29, 1.82) is 0 Å². The number of rotatable bonds is 3. The number of phenols is 1. The SMILES string of the molecule is CCc1c(-c2c[nH]c(=O)c3cccc(O)c23)ccc(N(C)C)c1N. The fourth-order valence-corrected chi connectivity index (χ4v) is 3.19. The number of benzene rings is 2. The number of nitrogens with two attached hydrogens (primary N) is 1. The molecule has 0 amide bonds. The van der Waals surface area contributed by atoms with Gasteiger partial charge in [-0.2, -0.15) is 0 Å². The Hall–Kier alpha value is -2.95. The first-order valence-electron chi connectivity index (χ1n) is 7.88. The summed E-state index contributed by atoms with van der Waals surface area (Å²) in [7, 11) is 3.90. The van der Waals surface area contributed by atoms with Gasteiger partial charge in [0.05, 0.1) is 16.8 Å². The monoisotopic (exact) mass is 323 g/mol. The van der Waals surface area contributed by atoms with Crippen LogP contribution in [-0.4, -0.2) is 24.2 Å². The van der Waals surface area contributed by atoms with Gasteiger partial charge in [0.15, 0.2) is 0 Å². The quantitative estimate of drug-likeness (QED) is 0.647. The Morgan fingerprint density at radius 3 is 2.58 bits per heavy atom. The maximum atomic E-state index is 12.1. The molecule has 1 aromatic heterocycles. The molecule has 0 aliphatic heterocycles. The van der Waals surface area contributed by atoms with Crippen LogP contribution in [0.15, 0.2) is 41.3 Å². The van der Waals surface area contributed by atoms with E-state index in [1.807, 2.05) is 38.1 Å². The van der Waals surface area contributed by atoms with Crippen LogP contribution in [0, 0.1) is 0 Å². The van der Waals surface area contributed by atoms with Crippen LogP contribution in [0.2, 0.25) is 0 Å². The van der Waals surface area contributed by atoms with Crippen LogP contribution in [0.5, 0.6) is 5.75 Å². The molecule has 5 nitrogen and oxygen atoms in total. The van der Waals surface area contributed by atoms with Gasteiger partial charge in [-0.3, -0.25) is 4.79 Å². The Kier molecular flexibility index (Phi) is 3.93. The molecule has 0 radical (unpaired) electrons. The van der Waals surface area contributed by atoms with Crippen LogP contribution in [0.4, 0.5) is 11.4 Å². The van der Waals surface area contributed by atoms with Crippen LogP contribution < -0.4 is 16.2 Å². The van der Waals surface area contributed by atoms with Crippen molar-refractivity contribution in [2.75, 3.05) is 24.7 Å². The summed E-state index contributed by atoms with van der Waals surface area (Å²) in [5.41, 5.74) is 10.5. The summed E-state index contributed by atoms with van der Waals surface area (Å²) in [4.78, 5) is 16.8. The van der Waals surface area contributed by atoms with E-state index >= 15 is 0 Å². The molecule has 0 saturated carbocycles. The second-order valence-electron chi connectivity index (χ2n) is 6.00. The topological polar surface area (TPSA) is 82.4 Å². The number of hydrogen-bond acceptors (Lipinski definition) is 4. The second kappa shape index (κ2) is 5.92. The molecule has 4 N–H and O–H groups in total. The van der Waals surface area contributed by atoms with Crippen molar-refractivity contribution in [3.05, 3.63) is 52.4 Å². The fraction of sp³-hybridized carbons (Fsp3) is 0.211. The van der Waals surface area contributed by atoms with Gasteiger partial charge in [0, 0.05) is 31.2 Å². The van der Waals surface area contributed by atoms with Gasteiger partial charge >= 0.3 is 0 Å². The molecule has 3 rings (SSSR count). The van der Waals surface area contributed by atoms with Gasteiger partial charge in [0.2, 0.25) is 0 Å². The standard InChI is InChI=1S/C19H21N3O2/c1-4-11-12(8-9-15(18(11)20)22(2)3)14-10-21-19(24)13-6-5-7-16(23)17(13)14/h5-10,23H,4,20H2,1-3H3,(H,21,24). The van der Waals surface area contributed by atoms with Crippen molar-refractivity contribution in [2.45, 2.75) is 13.3 Å². The predicted octanol–water partition coefficient (Wildman–Crippen LogP) is 3.11. The molecule has 5 heteroatoms. The molecule has 0 aliphatic carbocycles. The predicted molar refractivity (Wildman–Crippen MR) is 99.8 cm³/mol. The summed E-state index contributed by atoms with van der Waals surface area (Å²) >= 11 is 0. The number of fused-ring (bicyclic) bond motifs is 1. The van der Waals surface area contributed by atoms with Crippen LogP contribution in [0.3, 0.4) is 0 Å². The number of anilines is 2. The molecule has 0 bridgehead atoms. The maximum absolute atomic E-state index is 12.1. The number of nitrogens with zero attached hydrogens (tertiary/aromatic N) is 1. The first-order chi connectivity index (χ1) is 11.5.